The van der Waals surface area contributed by atoms with Crippen LogP contribution in [0.5, 0.6) is 0 Å². The molecule has 0 bridgehead atoms. The van der Waals surface area contributed by atoms with Crippen LogP contribution in [0, 0.1) is 6.92 Å². The molecule has 0 saturated heterocycles. The summed E-state index contributed by atoms with van der Waals surface area (Å²) in [6.07, 6.45) is 0.810. The predicted octanol–water partition coefficient (Wildman–Crippen LogP) is 2.77. The van der Waals surface area contributed by atoms with E-state index in [4.69, 9.17) is 0 Å². The van der Waals surface area contributed by atoms with Crippen LogP contribution < -0.4 is 0 Å². The number of aromatic nitrogens is 1. The van der Waals surface area contributed by atoms with Gasteiger partial charge in [0, 0.05) is 11.3 Å². The summed E-state index contributed by atoms with van der Waals surface area (Å²) in [6, 6.07) is 8.21. The zero-order valence-corrected chi connectivity index (χ0v) is 10.1. The molecule has 2 nitrogen and oxygen atoms in total. The van der Waals surface area contributed by atoms with Crippen LogP contribution in [0.1, 0.15) is 22.7 Å². The van der Waals surface area contributed by atoms with E-state index in [0.29, 0.717) is 0 Å². The maximum Gasteiger partial charge on any atom is 0.0794 e. The van der Waals surface area contributed by atoms with E-state index in [2.05, 4.69) is 24.0 Å². The van der Waals surface area contributed by atoms with E-state index >= 15 is 0 Å². The molecule has 0 spiro atoms. The largest absolute Gasteiger partial charge is 0.396 e. The molecule has 0 aliphatic carbocycles. The number of hydrogen-bond donors (Lipinski definition) is 1. The van der Waals surface area contributed by atoms with Gasteiger partial charge in [-0.2, -0.15) is 0 Å². The van der Waals surface area contributed by atoms with Crippen LogP contribution in [-0.2, 0) is 6.42 Å². The Balaban J connectivity index is 2.20. The van der Waals surface area contributed by atoms with E-state index in [9.17, 15) is 5.11 Å². The van der Waals surface area contributed by atoms with Gasteiger partial charge in [-0.3, -0.25) is 0 Å². The van der Waals surface area contributed by atoms with Crippen LogP contribution in [0.3, 0.4) is 0 Å². The summed E-state index contributed by atoms with van der Waals surface area (Å²) in [6.45, 7) is 2.25. The summed E-state index contributed by atoms with van der Waals surface area (Å²) in [5.41, 5.74) is 5.35. The van der Waals surface area contributed by atoms with Crippen LogP contribution in [0.2, 0.25) is 0 Å². The molecule has 0 aliphatic rings. The molecule has 84 valence electrons. The van der Waals surface area contributed by atoms with Crippen LogP contribution in [0.25, 0.3) is 0 Å². The van der Waals surface area contributed by atoms with E-state index in [-0.39, 0.29) is 12.5 Å². The van der Waals surface area contributed by atoms with Gasteiger partial charge in [-0.15, -0.1) is 11.3 Å². The molecule has 1 atom stereocenters. The molecule has 0 aliphatic heterocycles. The minimum Gasteiger partial charge on any atom is -0.396 e. The fraction of sp³-hybridized carbons (Fsp3) is 0.308. The van der Waals surface area contributed by atoms with E-state index < -0.39 is 0 Å². The third kappa shape index (κ3) is 2.49. The van der Waals surface area contributed by atoms with E-state index in [1.165, 1.54) is 11.1 Å². The highest BCUT2D eigenvalue weighted by Gasteiger charge is 2.14. The first-order chi connectivity index (χ1) is 7.81. The van der Waals surface area contributed by atoms with Gasteiger partial charge in [0.05, 0.1) is 17.8 Å². The Bertz CT molecular complexity index is 439. The van der Waals surface area contributed by atoms with Gasteiger partial charge < -0.3 is 5.11 Å². The van der Waals surface area contributed by atoms with Gasteiger partial charge in [0.15, 0.2) is 0 Å². The minimum absolute atomic E-state index is 0.156. The van der Waals surface area contributed by atoms with Crippen LogP contribution >= 0.6 is 11.3 Å². The first-order valence-corrected chi connectivity index (χ1v) is 6.29. The summed E-state index contributed by atoms with van der Waals surface area (Å²) < 4.78 is 0. The number of thiazole rings is 1. The second-order valence-electron chi connectivity index (χ2n) is 3.92. The topological polar surface area (TPSA) is 33.1 Å². The highest BCUT2D eigenvalue weighted by molar-refractivity contribution is 7.07. The van der Waals surface area contributed by atoms with Crippen molar-refractivity contribution in [2.45, 2.75) is 19.3 Å². The van der Waals surface area contributed by atoms with Crippen molar-refractivity contribution < 1.29 is 5.11 Å². The zero-order valence-electron chi connectivity index (χ0n) is 9.26. The number of aryl methyl sites for hydroxylation is 1. The minimum atomic E-state index is 0.156. The summed E-state index contributed by atoms with van der Waals surface area (Å²) in [7, 11) is 0. The molecule has 1 aromatic carbocycles. The van der Waals surface area contributed by atoms with Gasteiger partial charge >= 0.3 is 0 Å². The molecule has 2 rings (SSSR count). The van der Waals surface area contributed by atoms with E-state index in [1.807, 2.05) is 23.0 Å². The highest BCUT2D eigenvalue weighted by atomic mass is 32.1. The van der Waals surface area contributed by atoms with E-state index in [1.54, 1.807) is 11.3 Å². The molecule has 3 heteroatoms. The van der Waals surface area contributed by atoms with Crippen molar-refractivity contribution in [2.75, 3.05) is 6.61 Å². The fourth-order valence-corrected chi connectivity index (χ4v) is 2.48. The average molecular weight is 233 g/mol. The van der Waals surface area contributed by atoms with Crippen molar-refractivity contribution in [1.29, 1.82) is 0 Å². The lowest BCUT2D eigenvalue weighted by molar-refractivity contribution is 0.263. The van der Waals surface area contributed by atoms with Crippen LogP contribution in [0.15, 0.2) is 35.2 Å². The first kappa shape index (κ1) is 11.3. The van der Waals surface area contributed by atoms with Crippen molar-refractivity contribution in [2.24, 2.45) is 0 Å². The number of rotatable bonds is 4. The summed E-state index contributed by atoms with van der Waals surface area (Å²) in [5, 5.41) is 11.5. The fourth-order valence-electron chi connectivity index (χ4n) is 1.91. The number of aliphatic hydroxyl groups excluding tert-OH is 1. The molecular weight excluding hydrogens is 218 g/mol. The number of benzene rings is 1. The Kier molecular flexibility index (Phi) is 3.70. The Hall–Kier alpha value is -1.19. The second kappa shape index (κ2) is 5.23. The smallest absolute Gasteiger partial charge is 0.0794 e. The second-order valence-corrected chi connectivity index (χ2v) is 4.64. The molecule has 1 aromatic heterocycles. The molecule has 1 N–H and O–H groups in total. The molecule has 2 aromatic rings. The highest BCUT2D eigenvalue weighted by Crippen LogP contribution is 2.23. The Labute approximate surface area is 99.6 Å². The third-order valence-corrected chi connectivity index (χ3v) is 3.42. The Morgan fingerprint density at radius 2 is 2.19 bits per heavy atom. The monoisotopic (exact) mass is 233 g/mol. The molecular formula is C13H15NOS. The van der Waals surface area contributed by atoms with Gasteiger partial charge in [-0.05, 0) is 24.5 Å². The third-order valence-electron chi connectivity index (χ3n) is 2.79. The summed E-state index contributed by atoms with van der Waals surface area (Å²) in [4.78, 5) is 4.27. The molecule has 1 unspecified atom stereocenters. The Morgan fingerprint density at radius 1 is 1.38 bits per heavy atom. The maximum atomic E-state index is 9.48. The summed E-state index contributed by atoms with van der Waals surface area (Å²) >= 11 is 1.60. The molecule has 1 heterocycles. The van der Waals surface area contributed by atoms with Gasteiger partial charge in [0.2, 0.25) is 0 Å². The van der Waals surface area contributed by atoms with Gasteiger partial charge in [0.25, 0.3) is 0 Å². The molecule has 0 amide bonds. The number of nitrogens with zero attached hydrogens (tertiary/aromatic N) is 1. The maximum absolute atomic E-state index is 9.48. The lowest BCUT2D eigenvalue weighted by Crippen LogP contribution is -2.09. The van der Waals surface area contributed by atoms with Crippen molar-refractivity contribution in [1.82, 2.24) is 4.98 Å². The van der Waals surface area contributed by atoms with Gasteiger partial charge in [0.1, 0.15) is 0 Å². The van der Waals surface area contributed by atoms with Gasteiger partial charge in [-0.25, -0.2) is 4.98 Å². The first-order valence-electron chi connectivity index (χ1n) is 5.34. The number of aliphatic hydroxyl groups is 1. The molecule has 16 heavy (non-hydrogen) atoms. The zero-order chi connectivity index (χ0) is 11.4. The summed E-state index contributed by atoms with van der Waals surface area (Å²) in [5.74, 6) is 0.156. The van der Waals surface area contributed by atoms with E-state index in [0.717, 1.165) is 12.1 Å². The predicted molar refractivity (Wildman–Crippen MR) is 66.8 cm³/mol. The van der Waals surface area contributed by atoms with Crippen molar-refractivity contribution >= 4 is 11.3 Å². The standard InChI is InChI=1S/C13H15NOS/c1-10-4-2-3-5-13(10)11(7-15)6-12-8-16-9-14-12/h2-5,8-9,11,15H,6-7H2,1H3. The van der Waals surface area contributed by atoms with Crippen molar-refractivity contribution in [3.05, 3.63) is 52.0 Å². The van der Waals surface area contributed by atoms with Crippen molar-refractivity contribution in [3.8, 4) is 0 Å². The van der Waals surface area contributed by atoms with Crippen LogP contribution in [0.4, 0.5) is 0 Å². The molecule has 0 fully saturated rings. The normalized spacial score (nSPS) is 12.6. The van der Waals surface area contributed by atoms with Gasteiger partial charge in [-0.1, -0.05) is 24.3 Å². The number of hydrogen-bond acceptors (Lipinski definition) is 3. The van der Waals surface area contributed by atoms with Crippen LogP contribution in [-0.4, -0.2) is 16.7 Å². The lowest BCUT2D eigenvalue weighted by Gasteiger charge is -2.15. The lowest BCUT2D eigenvalue weighted by atomic mass is 9.92. The SMILES string of the molecule is Cc1ccccc1C(CO)Cc1cscn1. The molecule has 0 saturated carbocycles. The average Bonchev–Trinajstić information content (AvgIpc) is 2.80. The Morgan fingerprint density at radius 3 is 2.81 bits per heavy atom. The molecule has 0 radical (unpaired) electrons. The quantitative estimate of drug-likeness (QED) is 0.881. The van der Waals surface area contributed by atoms with Crippen molar-refractivity contribution in [3.63, 3.8) is 0 Å².